The lowest BCUT2D eigenvalue weighted by Crippen LogP contribution is -2.00. The average Bonchev–Trinajstić information content (AvgIpc) is 2.37. The van der Waals surface area contributed by atoms with Crippen LogP contribution in [0.15, 0.2) is 24.5 Å². The number of aromatic carboxylic acids is 1. The number of rotatable bonds is 3. The third kappa shape index (κ3) is 2.60. The number of hydrogen-bond donors (Lipinski definition) is 2. The summed E-state index contributed by atoms with van der Waals surface area (Å²) in [6, 6.07) is 3.46. The van der Waals surface area contributed by atoms with Crippen molar-refractivity contribution in [2.24, 2.45) is 0 Å². The Bertz CT molecular complexity index is 700. The van der Waals surface area contributed by atoms with E-state index in [4.69, 9.17) is 22.1 Å². The van der Waals surface area contributed by atoms with E-state index >= 15 is 0 Å². The molecule has 1 heterocycles. The Labute approximate surface area is 112 Å². The van der Waals surface area contributed by atoms with Gasteiger partial charge >= 0.3 is 5.97 Å². The summed E-state index contributed by atoms with van der Waals surface area (Å²) in [5, 5.41) is 8.92. The molecular weight excluding hydrogens is 271 g/mol. The number of benzene rings is 1. The maximum Gasteiger partial charge on any atom is 0.335 e. The Morgan fingerprint density at radius 3 is 2.84 bits per heavy atom. The van der Waals surface area contributed by atoms with E-state index in [0.717, 1.165) is 6.07 Å². The summed E-state index contributed by atoms with van der Waals surface area (Å²) in [6.45, 7) is 0. The molecule has 5 nitrogen and oxygen atoms in total. The number of nitrogens with zero attached hydrogens (tertiary/aromatic N) is 1. The molecular formula is C12H9FN2O3S. The van der Waals surface area contributed by atoms with Crippen LogP contribution in [0.1, 0.15) is 10.4 Å². The Morgan fingerprint density at radius 2 is 2.21 bits per heavy atom. The Morgan fingerprint density at radius 1 is 1.47 bits per heavy atom. The number of ether oxygens (including phenoxy) is 1. The molecule has 0 unspecified atom stereocenters. The van der Waals surface area contributed by atoms with Gasteiger partial charge in [0.15, 0.2) is 10.4 Å². The molecule has 0 bridgehead atoms. The molecule has 2 aromatic rings. The molecule has 1 aromatic carbocycles. The monoisotopic (exact) mass is 280 g/mol. The van der Waals surface area contributed by atoms with Crippen LogP contribution in [0.4, 0.5) is 4.39 Å². The van der Waals surface area contributed by atoms with Crippen molar-refractivity contribution in [1.82, 2.24) is 9.97 Å². The number of carboxylic acids is 1. The number of carboxylic acid groups (broad SMARTS) is 1. The molecule has 7 heteroatoms. The summed E-state index contributed by atoms with van der Waals surface area (Å²) < 4.78 is 18.8. The van der Waals surface area contributed by atoms with E-state index in [1.165, 1.54) is 25.6 Å². The number of carbonyl (C=O) groups is 1. The van der Waals surface area contributed by atoms with Crippen LogP contribution in [0.3, 0.4) is 0 Å². The molecule has 0 aliphatic carbocycles. The van der Waals surface area contributed by atoms with Gasteiger partial charge in [-0.05, 0) is 18.2 Å². The zero-order valence-corrected chi connectivity index (χ0v) is 10.6. The molecule has 0 saturated heterocycles. The van der Waals surface area contributed by atoms with Crippen molar-refractivity contribution < 1.29 is 19.0 Å². The molecule has 0 fully saturated rings. The molecule has 19 heavy (non-hydrogen) atoms. The first-order valence-electron chi connectivity index (χ1n) is 5.19. The summed E-state index contributed by atoms with van der Waals surface area (Å²) >= 11 is 4.99. The van der Waals surface area contributed by atoms with Crippen LogP contribution in [-0.2, 0) is 0 Å². The van der Waals surface area contributed by atoms with Gasteiger partial charge in [-0.1, -0.05) is 12.2 Å². The molecule has 0 saturated carbocycles. The fourth-order valence-electron chi connectivity index (χ4n) is 1.65. The van der Waals surface area contributed by atoms with E-state index in [1.807, 2.05) is 0 Å². The van der Waals surface area contributed by atoms with Gasteiger partial charge in [-0.25, -0.2) is 14.2 Å². The van der Waals surface area contributed by atoms with Gasteiger partial charge in [0, 0.05) is 5.56 Å². The number of nitrogens with one attached hydrogen (secondary N) is 1. The lowest BCUT2D eigenvalue weighted by Gasteiger charge is -2.09. The van der Waals surface area contributed by atoms with Gasteiger partial charge in [0.2, 0.25) is 0 Å². The normalized spacial score (nSPS) is 10.2. The van der Waals surface area contributed by atoms with Crippen molar-refractivity contribution >= 4 is 18.2 Å². The van der Waals surface area contributed by atoms with E-state index < -0.39 is 11.8 Å². The summed E-state index contributed by atoms with van der Waals surface area (Å²) in [6.07, 6.45) is 1.34. The predicted octanol–water partition coefficient (Wildman–Crippen LogP) is 2.65. The first kappa shape index (κ1) is 13.2. The van der Waals surface area contributed by atoms with E-state index in [1.54, 1.807) is 0 Å². The average molecular weight is 280 g/mol. The van der Waals surface area contributed by atoms with Gasteiger partial charge < -0.3 is 14.8 Å². The third-order valence-electron chi connectivity index (χ3n) is 2.45. The minimum absolute atomic E-state index is 0.159. The quantitative estimate of drug-likeness (QED) is 0.845. The molecule has 2 rings (SSSR count). The van der Waals surface area contributed by atoms with Crippen molar-refractivity contribution in [1.29, 1.82) is 0 Å². The summed E-state index contributed by atoms with van der Waals surface area (Å²) in [5.41, 5.74) is 0.542. The van der Waals surface area contributed by atoms with Gasteiger partial charge in [-0.2, -0.15) is 0 Å². The number of aromatic nitrogens is 2. The van der Waals surface area contributed by atoms with Crippen LogP contribution in [-0.4, -0.2) is 28.2 Å². The highest BCUT2D eigenvalue weighted by atomic mass is 32.1. The van der Waals surface area contributed by atoms with E-state index in [0.29, 0.717) is 11.3 Å². The number of halogens is 1. The smallest absolute Gasteiger partial charge is 0.335 e. The Hall–Kier alpha value is -2.28. The summed E-state index contributed by atoms with van der Waals surface area (Å²) in [5.74, 6) is -1.61. The topological polar surface area (TPSA) is 75.2 Å². The largest absolute Gasteiger partial charge is 0.491 e. The van der Waals surface area contributed by atoms with Crippen LogP contribution in [0.25, 0.3) is 11.3 Å². The van der Waals surface area contributed by atoms with Crippen LogP contribution in [0.2, 0.25) is 0 Å². The molecule has 2 N–H and O–H groups in total. The fourth-order valence-corrected chi connectivity index (χ4v) is 1.89. The molecule has 0 amide bonds. The lowest BCUT2D eigenvalue weighted by molar-refractivity contribution is 0.0696. The second kappa shape index (κ2) is 5.15. The molecule has 1 aromatic heterocycles. The van der Waals surface area contributed by atoms with E-state index in [9.17, 15) is 9.18 Å². The van der Waals surface area contributed by atoms with Crippen LogP contribution < -0.4 is 4.74 Å². The molecule has 0 aliphatic heterocycles. The van der Waals surface area contributed by atoms with Crippen molar-refractivity contribution in [3.8, 4) is 17.0 Å². The molecule has 0 aliphatic rings. The second-order valence-corrected chi connectivity index (χ2v) is 4.04. The first-order chi connectivity index (χ1) is 9.02. The Kier molecular flexibility index (Phi) is 3.57. The second-order valence-electron chi connectivity index (χ2n) is 3.65. The van der Waals surface area contributed by atoms with Crippen molar-refractivity contribution in [3.63, 3.8) is 0 Å². The number of aromatic amines is 1. The highest BCUT2D eigenvalue weighted by Crippen LogP contribution is 2.29. The zero-order chi connectivity index (χ0) is 14.0. The lowest BCUT2D eigenvalue weighted by atomic mass is 10.1. The van der Waals surface area contributed by atoms with E-state index in [-0.39, 0.29) is 16.0 Å². The number of hydrogen-bond acceptors (Lipinski definition) is 4. The summed E-state index contributed by atoms with van der Waals surface area (Å²) in [4.78, 5) is 17.5. The highest BCUT2D eigenvalue weighted by molar-refractivity contribution is 7.71. The van der Waals surface area contributed by atoms with Gasteiger partial charge in [-0.3, -0.25) is 0 Å². The highest BCUT2D eigenvalue weighted by Gasteiger charge is 2.13. The van der Waals surface area contributed by atoms with Gasteiger partial charge in [0.25, 0.3) is 0 Å². The molecule has 0 radical (unpaired) electrons. The SMILES string of the molecule is COc1c(-c2cc(F)cc(C(=O)O)c2)[nH]cnc1=S. The van der Waals surface area contributed by atoms with Crippen molar-refractivity contribution in [2.45, 2.75) is 0 Å². The summed E-state index contributed by atoms with van der Waals surface area (Å²) in [7, 11) is 1.40. The first-order valence-corrected chi connectivity index (χ1v) is 5.59. The maximum atomic E-state index is 13.5. The van der Waals surface area contributed by atoms with Crippen molar-refractivity contribution in [2.75, 3.05) is 7.11 Å². The standard InChI is InChI=1S/C12H9FN2O3S/c1-18-10-9(14-5-15-11(10)19)6-2-7(12(16)17)4-8(13)3-6/h2-5H,1H3,(H,16,17)(H,14,15,19). The predicted molar refractivity (Wildman–Crippen MR) is 68.3 cm³/mol. The molecule has 0 spiro atoms. The number of H-pyrrole nitrogens is 1. The van der Waals surface area contributed by atoms with Crippen molar-refractivity contribution in [3.05, 3.63) is 40.5 Å². The minimum Gasteiger partial charge on any atom is -0.491 e. The van der Waals surface area contributed by atoms with Gasteiger partial charge in [0.1, 0.15) is 5.82 Å². The molecule has 98 valence electrons. The Balaban J connectivity index is 2.69. The minimum atomic E-state index is -1.22. The van der Waals surface area contributed by atoms with Crippen LogP contribution in [0.5, 0.6) is 5.75 Å². The fraction of sp³-hybridized carbons (Fsp3) is 0.0833. The van der Waals surface area contributed by atoms with E-state index in [2.05, 4.69) is 9.97 Å². The zero-order valence-electron chi connectivity index (χ0n) is 9.81. The third-order valence-corrected chi connectivity index (χ3v) is 2.74. The van der Waals surface area contributed by atoms with Gasteiger partial charge in [-0.15, -0.1) is 0 Å². The molecule has 0 atom stereocenters. The van der Waals surface area contributed by atoms with Gasteiger partial charge in [0.05, 0.1) is 24.7 Å². The number of methoxy groups -OCH3 is 1. The van der Waals surface area contributed by atoms with Crippen LogP contribution >= 0.6 is 12.2 Å². The maximum absolute atomic E-state index is 13.5. The van der Waals surface area contributed by atoms with Crippen LogP contribution in [0, 0.1) is 10.5 Å².